The van der Waals surface area contributed by atoms with Crippen molar-refractivity contribution in [2.45, 2.75) is 17.0 Å². The third-order valence-electron chi connectivity index (χ3n) is 4.09. The van der Waals surface area contributed by atoms with E-state index < -0.39 is 32.0 Å². The van der Waals surface area contributed by atoms with Gasteiger partial charge in [0.1, 0.15) is 0 Å². The lowest BCUT2D eigenvalue weighted by Crippen LogP contribution is -2.31. The van der Waals surface area contributed by atoms with Gasteiger partial charge in [-0.1, -0.05) is 6.07 Å². The van der Waals surface area contributed by atoms with E-state index in [1.54, 1.807) is 12.1 Å². The van der Waals surface area contributed by atoms with Crippen LogP contribution < -0.4 is 10.0 Å². The fourth-order valence-electron chi connectivity index (χ4n) is 2.76. The molecule has 1 heterocycles. The zero-order valence-corrected chi connectivity index (χ0v) is 15.7. The molecule has 10 heteroatoms. The number of sulfonamides is 1. The molecule has 1 aliphatic rings. The maximum Gasteiger partial charge on any atom is 0.261 e. The van der Waals surface area contributed by atoms with Crippen LogP contribution >= 0.6 is 0 Å². The fourth-order valence-corrected chi connectivity index (χ4v) is 5.61. The number of sulfone groups is 1. The van der Waals surface area contributed by atoms with Gasteiger partial charge in [-0.3, -0.25) is 4.72 Å². The van der Waals surface area contributed by atoms with E-state index in [9.17, 15) is 21.9 Å². The molecule has 0 aliphatic carbocycles. The van der Waals surface area contributed by atoms with Crippen LogP contribution in [0.5, 0.6) is 0 Å². The Labute approximate surface area is 157 Å². The number of nitrogens with one attached hydrogen (secondary N) is 2. The highest BCUT2D eigenvalue weighted by atomic mass is 32.2. The molecule has 2 atom stereocenters. The molecule has 1 saturated heterocycles. The highest BCUT2D eigenvalue weighted by Gasteiger charge is 2.36. The van der Waals surface area contributed by atoms with Gasteiger partial charge in [0.05, 0.1) is 40.2 Å². The molecular formula is C17H17N3O5S2. The third-order valence-corrected chi connectivity index (χ3v) is 7.18. The van der Waals surface area contributed by atoms with Gasteiger partial charge in [0.2, 0.25) is 0 Å². The predicted octanol–water partition coefficient (Wildman–Crippen LogP) is 0.929. The van der Waals surface area contributed by atoms with Gasteiger partial charge >= 0.3 is 0 Å². The van der Waals surface area contributed by atoms with Gasteiger partial charge in [0.15, 0.2) is 9.84 Å². The lowest BCUT2D eigenvalue weighted by atomic mass is 10.2. The first-order chi connectivity index (χ1) is 12.7. The van der Waals surface area contributed by atoms with Crippen molar-refractivity contribution in [3.63, 3.8) is 0 Å². The van der Waals surface area contributed by atoms with Crippen LogP contribution in [0.25, 0.3) is 0 Å². The zero-order chi connectivity index (χ0) is 19.7. The summed E-state index contributed by atoms with van der Waals surface area (Å²) in [5.74, 6) is -0.428. The van der Waals surface area contributed by atoms with Crippen molar-refractivity contribution >= 4 is 31.2 Å². The van der Waals surface area contributed by atoms with Crippen molar-refractivity contribution in [2.24, 2.45) is 0 Å². The molecule has 3 rings (SSSR count). The Kier molecular flexibility index (Phi) is 5.10. The maximum absolute atomic E-state index is 12.4. The van der Waals surface area contributed by atoms with E-state index in [4.69, 9.17) is 5.26 Å². The Morgan fingerprint density at radius 1 is 1.07 bits per heavy atom. The van der Waals surface area contributed by atoms with Gasteiger partial charge in [0, 0.05) is 11.4 Å². The second-order valence-electron chi connectivity index (χ2n) is 6.22. The molecule has 0 unspecified atom stereocenters. The fraction of sp³-hybridized carbons (Fsp3) is 0.235. The standard InChI is InChI=1S/C17H17N3O5S2/c18-9-12-2-1-3-15(8-12)27(24,25)20-14-6-4-13(5-7-14)19-16-10-26(22,23)11-17(16)21/h1-8,16-17,19-21H,10-11H2/t16-,17-/m1/s1. The van der Waals surface area contributed by atoms with Crippen molar-refractivity contribution in [3.05, 3.63) is 54.1 Å². The molecule has 0 radical (unpaired) electrons. The summed E-state index contributed by atoms with van der Waals surface area (Å²) < 4.78 is 50.3. The van der Waals surface area contributed by atoms with E-state index in [0.29, 0.717) is 11.4 Å². The number of hydrogen-bond acceptors (Lipinski definition) is 7. The minimum Gasteiger partial charge on any atom is -0.390 e. The minimum atomic E-state index is -3.85. The molecule has 0 spiro atoms. The lowest BCUT2D eigenvalue weighted by molar-refractivity contribution is 0.190. The van der Waals surface area contributed by atoms with Crippen molar-refractivity contribution in [2.75, 3.05) is 21.5 Å². The average molecular weight is 407 g/mol. The Balaban J connectivity index is 1.71. The molecule has 0 aromatic heterocycles. The van der Waals surface area contributed by atoms with Crippen LogP contribution in [-0.4, -0.2) is 45.6 Å². The Morgan fingerprint density at radius 2 is 1.74 bits per heavy atom. The quantitative estimate of drug-likeness (QED) is 0.670. The molecule has 0 saturated carbocycles. The zero-order valence-electron chi connectivity index (χ0n) is 14.0. The number of aliphatic hydroxyl groups is 1. The van der Waals surface area contributed by atoms with Crippen LogP contribution in [-0.2, 0) is 19.9 Å². The van der Waals surface area contributed by atoms with Gasteiger partial charge in [0.25, 0.3) is 10.0 Å². The SMILES string of the molecule is N#Cc1cccc(S(=O)(=O)Nc2ccc(N[C@@H]3CS(=O)(=O)C[C@H]3O)cc2)c1. The van der Waals surface area contributed by atoms with Gasteiger partial charge < -0.3 is 10.4 Å². The lowest BCUT2D eigenvalue weighted by Gasteiger charge is -2.16. The summed E-state index contributed by atoms with van der Waals surface area (Å²) in [5, 5.41) is 21.6. The number of rotatable bonds is 5. The molecule has 142 valence electrons. The minimum absolute atomic E-state index is 0.0250. The van der Waals surface area contributed by atoms with E-state index in [1.807, 2.05) is 6.07 Å². The Bertz CT molecular complexity index is 1090. The van der Waals surface area contributed by atoms with Crippen molar-refractivity contribution in [1.82, 2.24) is 0 Å². The van der Waals surface area contributed by atoms with E-state index >= 15 is 0 Å². The summed E-state index contributed by atoms with van der Waals surface area (Å²) in [6.07, 6.45) is -0.986. The second kappa shape index (κ2) is 7.19. The van der Waals surface area contributed by atoms with Crippen LogP contribution in [0.2, 0.25) is 0 Å². The van der Waals surface area contributed by atoms with E-state index in [2.05, 4.69) is 10.0 Å². The molecule has 8 nitrogen and oxygen atoms in total. The summed E-state index contributed by atoms with van der Waals surface area (Å²) in [6, 6.07) is 13.2. The largest absolute Gasteiger partial charge is 0.390 e. The van der Waals surface area contributed by atoms with Crippen molar-refractivity contribution in [3.8, 4) is 6.07 Å². The second-order valence-corrected chi connectivity index (χ2v) is 10.1. The Morgan fingerprint density at radius 3 is 2.33 bits per heavy atom. The van der Waals surface area contributed by atoms with Crippen LogP contribution in [0.15, 0.2) is 53.4 Å². The molecule has 3 N–H and O–H groups in total. The molecule has 2 aromatic rings. The maximum atomic E-state index is 12.4. The van der Waals surface area contributed by atoms with E-state index in [1.165, 1.54) is 36.4 Å². The normalized spacial score (nSPS) is 21.3. The average Bonchev–Trinajstić information content (AvgIpc) is 2.88. The first kappa shape index (κ1) is 19.2. The number of anilines is 2. The van der Waals surface area contributed by atoms with Gasteiger partial charge in [-0.05, 0) is 42.5 Å². The Hall–Kier alpha value is -2.61. The van der Waals surface area contributed by atoms with Crippen LogP contribution in [0.4, 0.5) is 11.4 Å². The molecule has 1 aliphatic heterocycles. The van der Waals surface area contributed by atoms with Gasteiger partial charge in [-0.15, -0.1) is 0 Å². The molecular weight excluding hydrogens is 390 g/mol. The third kappa shape index (κ3) is 4.57. The molecule has 0 bridgehead atoms. The number of aliphatic hydroxyl groups excluding tert-OH is 1. The summed E-state index contributed by atoms with van der Waals surface area (Å²) >= 11 is 0. The van der Waals surface area contributed by atoms with Gasteiger partial charge in [-0.25, -0.2) is 16.8 Å². The molecule has 27 heavy (non-hydrogen) atoms. The van der Waals surface area contributed by atoms with Crippen molar-refractivity contribution < 1.29 is 21.9 Å². The topological polar surface area (TPSA) is 136 Å². The molecule has 0 amide bonds. The van der Waals surface area contributed by atoms with E-state index in [0.717, 1.165) is 0 Å². The number of nitrogens with zero attached hydrogens (tertiary/aromatic N) is 1. The number of benzene rings is 2. The number of hydrogen-bond donors (Lipinski definition) is 3. The van der Waals surface area contributed by atoms with E-state index in [-0.39, 0.29) is 22.0 Å². The first-order valence-electron chi connectivity index (χ1n) is 7.97. The first-order valence-corrected chi connectivity index (χ1v) is 11.3. The monoisotopic (exact) mass is 407 g/mol. The molecule has 2 aromatic carbocycles. The van der Waals surface area contributed by atoms with Crippen LogP contribution in [0.3, 0.4) is 0 Å². The highest BCUT2D eigenvalue weighted by Crippen LogP contribution is 2.22. The molecule has 1 fully saturated rings. The predicted molar refractivity (Wildman–Crippen MR) is 100 cm³/mol. The summed E-state index contributed by atoms with van der Waals surface area (Å²) in [6.45, 7) is 0. The number of nitriles is 1. The summed E-state index contributed by atoms with van der Waals surface area (Å²) in [5.41, 5.74) is 1.11. The summed E-state index contributed by atoms with van der Waals surface area (Å²) in [7, 11) is -7.11. The van der Waals surface area contributed by atoms with Crippen LogP contribution in [0, 0.1) is 11.3 Å². The smallest absolute Gasteiger partial charge is 0.261 e. The summed E-state index contributed by atoms with van der Waals surface area (Å²) in [4.78, 5) is -0.0250. The van der Waals surface area contributed by atoms with Crippen molar-refractivity contribution in [1.29, 1.82) is 5.26 Å². The van der Waals surface area contributed by atoms with Gasteiger partial charge in [-0.2, -0.15) is 5.26 Å². The highest BCUT2D eigenvalue weighted by molar-refractivity contribution is 7.92. The van der Waals surface area contributed by atoms with Crippen LogP contribution in [0.1, 0.15) is 5.56 Å².